The van der Waals surface area contributed by atoms with Gasteiger partial charge in [-0.25, -0.2) is 0 Å². The molecular weight excluding hydrogens is 158 g/mol. The smallest absolute Gasteiger partial charge is 0.00209 e. The van der Waals surface area contributed by atoms with Gasteiger partial charge < -0.3 is 5.32 Å². The summed E-state index contributed by atoms with van der Waals surface area (Å²) in [6, 6.07) is 0. The van der Waals surface area contributed by atoms with Crippen LogP contribution in [0.2, 0.25) is 0 Å². The number of hydrogen-bond acceptors (Lipinski definition) is 1. The molecule has 0 aromatic heterocycles. The monoisotopic (exact) mass is 183 g/mol. The summed E-state index contributed by atoms with van der Waals surface area (Å²) < 4.78 is 0. The highest BCUT2D eigenvalue weighted by Gasteiger charge is 2.26. The summed E-state index contributed by atoms with van der Waals surface area (Å²) in [5, 5.41) is 3.34. The van der Waals surface area contributed by atoms with Crippen molar-refractivity contribution in [3.8, 4) is 0 Å². The fraction of sp³-hybridized carbons (Fsp3) is 1.00. The number of hydrogen-bond donors (Lipinski definition) is 1. The van der Waals surface area contributed by atoms with Crippen molar-refractivity contribution in [2.24, 2.45) is 17.8 Å². The van der Waals surface area contributed by atoms with E-state index in [1.54, 1.807) is 0 Å². The van der Waals surface area contributed by atoms with Gasteiger partial charge in [-0.3, -0.25) is 0 Å². The summed E-state index contributed by atoms with van der Waals surface area (Å²) in [5.74, 6) is 2.94. The van der Waals surface area contributed by atoms with E-state index < -0.39 is 0 Å². The van der Waals surface area contributed by atoms with Crippen molar-refractivity contribution in [2.75, 3.05) is 13.6 Å². The molecule has 1 rings (SSSR count). The second-order valence-electron chi connectivity index (χ2n) is 4.78. The lowest BCUT2D eigenvalue weighted by atomic mass is 9.73. The predicted octanol–water partition coefficient (Wildman–Crippen LogP) is 3.06. The summed E-state index contributed by atoms with van der Waals surface area (Å²) in [6.45, 7) is 5.96. The predicted molar refractivity (Wildman–Crippen MR) is 58.8 cm³/mol. The molecule has 0 heterocycles. The van der Waals surface area contributed by atoms with Crippen molar-refractivity contribution in [1.29, 1.82) is 0 Å². The highest BCUT2D eigenvalue weighted by Crippen LogP contribution is 2.35. The second-order valence-corrected chi connectivity index (χ2v) is 4.78. The summed E-state index contributed by atoms with van der Waals surface area (Å²) >= 11 is 0. The normalized spacial score (nSPS) is 34.8. The van der Waals surface area contributed by atoms with E-state index in [0.29, 0.717) is 0 Å². The quantitative estimate of drug-likeness (QED) is 0.706. The largest absolute Gasteiger partial charge is 0.319 e. The maximum absolute atomic E-state index is 3.34. The van der Waals surface area contributed by atoms with E-state index in [2.05, 4.69) is 26.2 Å². The molecule has 3 unspecified atom stereocenters. The van der Waals surface area contributed by atoms with Crippen LogP contribution in [0.1, 0.15) is 46.0 Å². The zero-order chi connectivity index (χ0) is 9.68. The molecule has 1 N–H and O–H groups in total. The maximum atomic E-state index is 3.34. The Hall–Kier alpha value is -0.0400. The van der Waals surface area contributed by atoms with Gasteiger partial charge in [0.05, 0.1) is 0 Å². The van der Waals surface area contributed by atoms with E-state index in [1.165, 1.54) is 38.6 Å². The van der Waals surface area contributed by atoms with Crippen molar-refractivity contribution in [3.63, 3.8) is 0 Å². The Morgan fingerprint density at radius 2 is 2.00 bits per heavy atom. The lowest BCUT2D eigenvalue weighted by Gasteiger charge is -2.34. The molecule has 1 heteroatoms. The highest BCUT2D eigenvalue weighted by atomic mass is 14.8. The van der Waals surface area contributed by atoms with Crippen LogP contribution in [0.3, 0.4) is 0 Å². The molecule has 0 aromatic rings. The Balaban J connectivity index is 2.40. The Kier molecular flexibility index (Phi) is 4.79. The third kappa shape index (κ3) is 3.30. The van der Waals surface area contributed by atoms with E-state index in [0.717, 1.165) is 17.8 Å². The van der Waals surface area contributed by atoms with Gasteiger partial charge in [0.25, 0.3) is 0 Å². The lowest BCUT2D eigenvalue weighted by molar-refractivity contribution is 0.176. The first kappa shape index (κ1) is 11.0. The standard InChI is InChI=1S/C12H25N/c1-4-5-11-8-10(2)6-7-12(11)9-13-3/h10-13H,4-9H2,1-3H3. The molecule has 3 atom stereocenters. The fourth-order valence-electron chi connectivity index (χ4n) is 2.82. The molecule has 0 aromatic carbocycles. The van der Waals surface area contributed by atoms with Gasteiger partial charge in [-0.05, 0) is 44.2 Å². The topological polar surface area (TPSA) is 12.0 Å². The van der Waals surface area contributed by atoms with E-state index in [4.69, 9.17) is 0 Å². The van der Waals surface area contributed by atoms with Crippen LogP contribution >= 0.6 is 0 Å². The third-order valence-corrected chi connectivity index (χ3v) is 3.53. The molecule has 1 nitrogen and oxygen atoms in total. The summed E-state index contributed by atoms with van der Waals surface area (Å²) in [6.07, 6.45) is 7.17. The van der Waals surface area contributed by atoms with E-state index >= 15 is 0 Å². The van der Waals surface area contributed by atoms with Crippen LogP contribution in [-0.4, -0.2) is 13.6 Å². The Labute approximate surface area is 83.3 Å². The Morgan fingerprint density at radius 3 is 2.62 bits per heavy atom. The average molecular weight is 183 g/mol. The Morgan fingerprint density at radius 1 is 1.23 bits per heavy atom. The highest BCUT2D eigenvalue weighted by molar-refractivity contribution is 4.79. The first-order valence-corrected chi connectivity index (χ1v) is 5.92. The van der Waals surface area contributed by atoms with E-state index in [1.807, 2.05) is 0 Å². The van der Waals surface area contributed by atoms with Crippen molar-refractivity contribution >= 4 is 0 Å². The van der Waals surface area contributed by atoms with Gasteiger partial charge >= 0.3 is 0 Å². The first-order valence-electron chi connectivity index (χ1n) is 5.92. The molecule has 1 fully saturated rings. The molecule has 0 saturated heterocycles. The molecule has 0 bridgehead atoms. The average Bonchev–Trinajstić information content (AvgIpc) is 2.10. The van der Waals surface area contributed by atoms with Crippen LogP contribution in [-0.2, 0) is 0 Å². The van der Waals surface area contributed by atoms with E-state index in [9.17, 15) is 0 Å². The van der Waals surface area contributed by atoms with Crippen LogP contribution < -0.4 is 5.32 Å². The fourth-order valence-corrected chi connectivity index (χ4v) is 2.82. The van der Waals surface area contributed by atoms with Gasteiger partial charge in [0.15, 0.2) is 0 Å². The zero-order valence-corrected chi connectivity index (χ0v) is 9.47. The van der Waals surface area contributed by atoms with E-state index in [-0.39, 0.29) is 0 Å². The third-order valence-electron chi connectivity index (χ3n) is 3.53. The molecule has 0 aliphatic heterocycles. The summed E-state index contributed by atoms with van der Waals surface area (Å²) in [7, 11) is 2.08. The molecule has 1 aliphatic rings. The van der Waals surface area contributed by atoms with Crippen molar-refractivity contribution in [3.05, 3.63) is 0 Å². The van der Waals surface area contributed by atoms with Crippen LogP contribution in [0.4, 0.5) is 0 Å². The molecule has 0 amide bonds. The van der Waals surface area contributed by atoms with Crippen LogP contribution in [0.25, 0.3) is 0 Å². The molecule has 1 saturated carbocycles. The van der Waals surface area contributed by atoms with Crippen molar-refractivity contribution in [2.45, 2.75) is 46.0 Å². The van der Waals surface area contributed by atoms with Gasteiger partial charge in [0.1, 0.15) is 0 Å². The van der Waals surface area contributed by atoms with Crippen LogP contribution in [0.5, 0.6) is 0 Å². The SMILES string of the molecule is CCCC1CC(C)CCC1CNC. The molecule has 78 valence electrons. The summed E-state index contributed by atoms with van der Waals surface area (Å²) in [4.78, 5) is 0. The zero-order valence-electron chi connectivity index (χ0n) is 9.47. The van der Waals surface area contributed by atoms with Gasteiger partial charge in [0.2, 0.25) is 0 Å². The lowest BCUT2D eigenvalue weighted by Crippen LogP contribution is -2.31. The summed E-state index contributed by atoms with van der Waals surface area (Å²) in [5.41, 5.74) is 0. The van der Waals surface area contributed by atoms with Crippen molar-refractivity contribution in [1.82, 2.24) is 5.32 Å². The van der Waals surface area contributed by atoms with Crippen LogP contribution in [0.15, 0.2) is 0 Å². The molecular formula is C12H25N. The first-order chi connectivity index (χ1) is 6.27. The van der Waals surface area contributed by atoms with Gasteiger partial charge in [0, 0.05) is 0 Å². The molecule has 0 spiro atoms. The van der Waals surface area contributed by atoms with Gasteiger partial charge in [-0.2, -0.15) is 0 Å². The molecule has 13 heavy (non-hydrogen) atoms. The molecule has 0 radical (unpaired) electrons. The Bertz CT molecular complexity index is 133. The minimum Gasteiger partial charge on any atom is -0.319 e. The van der Waals surface area contributed by atoms with Gasteiger partial charge in [-0.15, -0.1) is 0 Å². The maximum Gasteiger partial charge on any atom is -0.00209 e. The minimum atomic E-state index is 0.959. The van der Waals surface area contributed by atoms with Gasteiger partial charge in [-0.1, -0.05) is 33.1 Å². The number of nitrogens with one attached hydrogen (secondary N) is 1. The number of rotatable bonds is 4. The second kappa shape index (κ2) is 5.64. The van der Waals surface area contributed by atoms with Crippen molar-refractivity contribution < 1.29 is 0 Å². The molecule has 1 aliphatic carbocycles. The van der Waals surface area contributed by atoms with Crippen LogP contribution in [0, 0.1) is 17.8 Å². The minimum absolute atomic E-state index is 0.959.